The summed E-state index contributed by atoms with van der Waals surface area (Å²) < 4.78 is 16.5. The second-order valence-corrected chi connectivity index (χ2v) is 5.95. The number of carbonyl (C=O) groups is 1. The van der Waals surface area contributed by atoms with E-state index >= 15 is 0 Å². The van der Waals surface area contributed by atoms with Crippen molar-refractivity contribution in [3.63, 3.8) is 0 Å². The first-order valence-electron chi connectivity index (χ1n) is 8.71. The van der Waals surface area contributed by atoms with E-state index in [4.69, 9.17) is 14.2 Å². The SMILES string of the molecule is CCOC(=O)c1ccncc1-c1ccc(COC2CCCCO2)cc1. The van der Waals surface area contributed by atoms with Crippen LogP contribution in [0.1, 0.15) is 42.1 Å². The summed E-state index contributed by atoms with van der Waals surface area (Å²) in [5, 5.41) is 0. The third kappa shape index (κ3) is 4.65. The molecule has 1 aliphatic heterocycles. The Morgan fingerprint density at radius 2 is 2.08 bits per heavy atom. The fourth-order valence-corrected chi connectivity index (χ4v) is 2.82. The molecular weight excluding hydrogens is 318 g/mol. The molecule has 0 bridgehead atoms. The van der Waals surface area contributed by atoms with Crippen LogP contribution in [0.25, 0.3) is 11.1 Å². The van der Waals surface area contributed by atoms with Gasteiger partial charge in [-0.15, -0.1) is 0 Å². The number of ether oxygens (including phenoxy) is 3. The Balaban J connectivity index is 1.69. The summed E-state index contributed by atoms with van der Waals surface area (Å²) in [5.74, 6) is -0.332. The van der Waals surface area contributed by atoms with Crippen molar-refractivity contribution in [2.75, 3.05) is 13.2 Å². The number of aromatic nitrogens is 1. The predicted molar refractivity (Wildman–Crippen MR) is 94.0 cm³/mol. The molecule has 5 heteroatoms. The number of pyridine rings is 1. The molecule has 1 aromatic heterocycles. The molecule has 2 heterocycles. The van der Waals surface area contributed by atoms with Crippen molar-refractivity contribution in [1.29, 1.82) is 0 Å². The van der Waals surface area contributed by atoms with Crippen molar-refractivity contribution in [2.45, 2.75) is 39.1 Å². The molecule has 2 aromatic rings. The third-order valence-electron chi connectivity index (χ3n) is 4.16. The number of rotatable bonds is 6. The Morgan fingerprint density at radius 3 is 2.80 bits per heavy atom. The van der Waals surface area contributed by atoms with Crippen LogP contribution in [0.5, 0.6) is 0 Å². The van der Waals surface area contributed by atoms with Crippen molar-refractivity contribution in [1.82, 2.24) is 4.98 Å². The van der Waals surface area contributed by atoms with Gasteiger partial charge in [0.25, 0.3) is 0 Å². The topological polar surface area (TPSA) is 57.7 Å². The van der Waals surface area contributed by atoms with Crippen LogP contribution in [-0.2, 0) is 20.8 Å². The molecule has 0 spiro atoms. The zero-order valence-corrected chi connectivity index (χ0v) is 14.4. The highest BCUT2D eigenvalue weighted by atomic mass is 16.7. The van der Waals surface area contributed by atoms with Gasteiger partial charge in [-0.2, -0.15) is 0 Å². The average molecular weight is 341 g/mol. The van der Waals surface area contributed by atoms with Crippen LogP contribution in [-0.4, -0.2) is 30.5 Å². The first-order chi connectivity index (χ1) is 12.3. The molecule has 1 aromatic carbocycles. The minimum Gasteiger partial charge on any atom is -0.462 e. The quantitative estimate of drug-likeness (QED) is 0.744. The van der Waals surface area contributed by atoms with Crippen LogP contribution in [0, 0.1) is 0 Å². The van der Waals surface area contributed by atoms with Gasteiger partial charge in [0.2, 0.25) is 0 Å². The number of hydrogen-bond acceptors (Lipinski definition) is 5. The van der Waals surface area contributed by atoms with Gasteiger partial charge in [0, 0.05) is 24.6 Å². The maximum atomic E-state index is 12.1. The van der Waals surface area contributed by atoms with Crippen molar-refractivity contribution in [3.05, 3.63) is 53.9 Å². The van der Waals surface area contributed by atoms with Gasteiger partial charge in [0.1, 0.15) is 0 Å². The molecule has 1 saturated heterocycles. The van der Waals surface area contributed by atoms with Crippen molar-refractivity contribution in [3.8, 4) is 11.1 Å². The number of benzene rings is 1. The largest absolute Gasteiger partial charge is 0.462 e. The minimum atomic E-state index is -0.332. The zero-order valence-electron chi connectivity index (χ0n) is 14.4. The number of hydrogen-bond donors (Lipinski definition) is 0. The zero-order chi connectivity index (χ0) is 17.5. The highest BCUT2D eigenvalue weighted by molar-refractivity contribution is 5.96. The average Bonchev–Trinajstić information content (AvgIpc) is 2.68. The lowest BCUT2D eigenvalue weighted by Crippen LogP contribution is -2.21. The summed E-state index contributed by atoms with van der Waals surface area (Å²) in [4.78, 5) is 16.2. The van der Waals surface area contributed by atoms with Crippen LogP contribution < -0.4 is 0 Å². The van der Waals surface area contributed by atoms with Crippen LogP contribution in [0.15, 0.2) is 42.7 Å². The molecule has 3 rings (SSSR count). The van der Waals surface area contributed by atoms with Gasteiger partial charge in [0.15, 0.2) is 6.29 Å². The molecule has 1 aliphatic rings. The molecular formula is C20H23NO4. The lowest BCUT2D eigenvalue weighted by atomic mass is 10.0. The summed E-state index contributed by atoms with van der Waals surface area (Å²) >= 11 is 0. The van der Waals surface area contributed by atoms with Gasteiger partial charge in [-0.3, -0.25) is 4.98 Å². The smallest absolute Gasteiger partial charge is 0.338 e. The lowest BCUT2D eigenvalue weighted by Gasteiger charge is -2.22. The highest BCUT2D eigenvalue weighted by Gasteiger charge is 2.15. The van der Waals surface area contributed by atoms with Gasteiger partial charge in [-0.05, 0) is 43.4 Å². The van der Waals surface area contributed by atoms with E-state index in [-0.39, 0.29) is 12.3 Å². The van der Waals surface area contributed by atoms with Crippen LogP contribution in [0.2, 0.25) is 0 Å². The molecule has 0 saturated carbocycles. The Hall–Kier alpha value is -2.24. The van der Waals surface area contributed by atoms with E-state index in [1.807, 2.05) is 24.3 Å². The van der Waals surface area contributed by atoms with Crippen LogP contribution in [0.3, 0.4) is 0 Å². The van der Waals surface area contributed by atoms with E-state index in [1.165, 1.54) is 0 Å². The van der Waals surface area contributed by atoms with E-state index in [9.17, 15) is 4.79 Å². The molecule has 0 aliphatic carbocycles. The predicted octanol–water partition coefficient (Wildman–Crippen LogP) is 3.97. The molecule has 132 valence electrons. The van der Waals surface area contributed by atoms with Gasteiger partial charge in [-0.1, -0.05) is 24.3 Å². The lowest BCUT2D eigenvalue weighted by molar-refractivity contribution is -0.168. The fraction of sp³-hybridized carbons (Fsp3) is 0.400. The summed E-state index contributed by atoms with van der Waals surface area (Å²) in [6, 6.07) is 9.63. The summed E-state index contributed by atoms with van der Waals surface area (Å²) in [6.07, 6.45) is 6.41. The second-order valence-electron chi connectivity index (χ2n) is 5.95. The Labute approximate surface area is 147 Å². The van der Waals surface area contributed by atoms with Crippen molar-refractivity contribution >= 4 is 5.97 Å². The molecule has 0 amide bonds. The van der Waals surface area contributed by atoms with Crippen molar-refractivity contribution in [2.24, 2.45) is 0 Å². The molecule has 1 fully saturated rings. The number of carbonyl (C=O) groups excluding carboxylic acids is 1. The van der Waals surface area contributed by atoms with E-state index in [0.717, 1.165) is 42.6 Å². The van der Waals surface area contributed by atoms with E-state index in [1.54, 1.807) is 25.4 Å². The summed E-state index contributed by atoms with van der Waals surface area (Å²) in [5.41, 5.74) is 3.29. The normalized spacial score (nSPS) is 17.2. The Kier molecular flexibility index (Phi) is 6.14. The number of nitrogens with zero attached hydrogens (tertiary/aromatic N) is 1. The maximum Gasteiger partial charge on any atom is 0.338 e. The Bertz CT molecular complexity index is 693. The highest BCUT2D eigenvalue weighted by Crippen LogP contribution is 2.24. The van der Waals surface area contributed by atoms with Crippen LogP contribution >= 0.6 is 0 Å². The molecule has 5 nitrogen and oxygen atoms in total. The van der Waals surface area contributed by atoms with E-state index in [0.29, 0.717) is 18.8 Å². The molecule has 0 N–H and O–H groups in total. The first kappa shape index (κ1) is 17.6. The minimum absolute atomic E-state index is 0.0952. The number of esters is 1. The van der Waals surface area contributed by atoms with Crippen molar-refractivity contribution < 1.29 is 19.0 Å². The molecule has 1 unspecified atom stereocenters. The van der Waals surface area contributed by atoms with Gasteiger partial charge >= 0.3 is 5.97 Å². The van der Waals surface area contributed by atoms with Gasteiger partial charge in [0.05, 0.1) is 18.8 Å². The molecule has 25 heavy (non-hydrogen) atoms. The van der Waals surface area contributed by atoms with Gasteiger partial charge in [-0.25, -0.2) is 4.79 Å². The molecule has 1 atom stereocenters. The van der Waals surface area contributed by atoms with Crippen LogP contribution in [0.4, 0.5) is 0 Å². The standard InChI is InChI=1S/C20H23NO4/c1-2-23-20(22)17-10-11-21-13-18(17)16-8-6-15(7-9-16)14-25-19-5-3-4-12-24-19/h6-11,13,19H,2-5,12,14H2,1H3. The van der Waals surface area contributed by atoms with E-state index < -0.39 is 0 Å². The maximum absolute atomic E-state index is 12.1. The third-order valence-corrected chi connectivity index (χ3v) is 4.16. The Morgan fingerprint density at radius 1 is 1.24 bits per heavy atom. The summed E-state index contributed by atoms with van der Waals surface area (Å²) in [6.45, 7) is 3.44. The second kappa shape index (κ2) is 8.74. The van der Waals surface area contributed by atoms with Gasteiger partial charge < -0.3 is 14.2 Å². The first-order valence-corrected chi connectivity index (χ1v) is 8.71. The molecule has 0 radical (unpaired) electrons. The van der Waals surface area contributed by atoms with E-state index in [2.05, 4.69) is 4.98 Å². The summed E-state index contributed by atoms with van der Waals surface area (Å²) in [7, 11) is 0. The fourth-order valence-electron chi connectivity index (χ4n) is 2.82. The monoisotopic (exact) mass is 341 g/mol.